The SMILES string of the molecule is Cc1sc2nc(-c3ccccc3)nc(Oc3cccnc3)c2c1C. The summed E-state index contributed by atoms with van der Waals surface area (Å²) in [5.74, 6) is 1.91. The first-order chi connectivity index (χ1) is 11.7. The number of thiophene rings is 1. The van der Waals surface area contributed by atoms with E-state index < -0.39 is 0 Å². The van der Waals surface area contributed by atoms with Crippen LogP contribution >= 0.6 is 11.3 Å². The Morgan fingerprint density at radius 1 is 0.958 bits per heavy atom. The van der Waals surface area contributed by atoms with E-state index in [-0.39, 0.29) is 0 Å². The first kappa shape index (κ1) is 14.8. The molecule has 0 aliphatic heterocycles. The van der Waals surface area contributed by atoms with Crippen LogP contribution in [0.1, 0.15) is 10.4 Å². The predicted octanol–water partition coefficient (Wildman–Crippen LogP) is 5.16. The van der Waals surface area contributed by atoms with Gasteiger partial charge in [0, 0.05) is 16.6 Å². The third-order valence-corrected chi connectivity index (χ3v) is 4.98. The highest BCUT2D eigenvalue weighted by Gasteiger charge is 2.17. The van der Waals surface area contributed by atoms with Crippen LogP contribution in [0.15, 0.2) is 54.9 Å². The molecule has 3 aromatic heterocycles. The second kappa shape index (κ2) is 6.02. The summed E-state index contributed by atoms with van der Waals surface area (Å²) in [6, 6.07) is 13.7. The Hall–Kier alpha value is -2.79. The van der Waals surface area contributed by atoms with Gasteiger partial charge in [0.2, 0.25) is 5.88 Å². The summed E-state index contributed by atoms with van der Waals surface area (Å²) in [5.41, 5.74) is 2.13. The molecule has 118 valence electrons. The van der Waals surface area contributed by atoms with E-state index in [1.807, 2.05) is 42.5 Å². The van der Waals surface area contributed by atoms with Crippen LogP contribution in [0.3, 0.4) is 0 Å². The fourth-order valence-corrected chi connectivity index (χ4v) is 3.54. The molecule has 1 aromatic carbocycles. The van der Waals surface area contributed by atoms with E-state index in [1.54, 1.807) is 23.7 Å². The predicted molar refractivity (Wildman–Crippen MR) is 96.6 cm³/mol. The van der Waals surface area contributed by atoms with E-state index in [0.29, 0.717) is 17.5 Å². The standard InChI is InChI=1S/C19H15N3OS/c1-12-13(2)24-19-16(12)18(23-15-9-6-10-20-11-15)21-17(22-19)14-7-4-3-5-8-14/h3-11H,1-2H3. The van der Waals surface area contributed by atoms with Crippen molar-refractivity contribution in [1.82, 2.24) is 15.0 Å². The number of ether oxygens (including phenoxy) is 1. The van der Waals surface area contributed by atoms with Crippen LogP contribution < -0.4 is 4.74 Å². The topological polar surface area (TPSA) is 47.9 Å². The lowest BCUT2D eigenvalue weighted by molar-refractivity contribution is 0.466. The van der Waals surface area contributed by atoms with Gasteiger partial charge in [-0.25, -0.2) is 4.98 Å². The average Bonchev–Trinajstić information content (AvgIpc) is 2.91. The summed E-state index contributed by atoms with van der Waals surface area (Å²) in [6.07, 6.45) is 3.41. The van der Waals surface area contributed by atoms with Gasteiger partial charge >= 0.3 is 0 Å². The molecule has 5 heteroatoms. The quantitative estimate of drug-likeness (QED) is 0.519. The molecule has 0 saturated carbocycles. The number of benzene rings is 1. The zero-order chi connectivity index (χ0) is 16.5. The van der Waals surface area contributed by atoms with Gasteiger partial charge < -0.3 is 4.74 Å². The molecule has 24 heavy (non-hydrogen) atoms. The fourth-order valence-electron chi connectivity index (χ4n) is 2.52. The maximum atomic E-state index is 6.04. The molecule has 0 bridgehead atoms. The molecule has 0 N–H and O–H groups in total. The van der Waals surface area contributed by atoms with Crippen molar-refractivity contribution in [1.29, 1.82) is 0 Å². The summed E-state index contributed by atoms with van der Waals surface area (Å²) >= 11 is 1.67. The number of aryl methyl sites for hydroxylation is 2. The molecule has 0 radical (unpaired) electrons. The Morgan fingerprint density at radius 2 is 1.79 bits per heavy atom. The van der Waals surface area contributed by atoms with Crippen molar-refractivity contribution in [3.05, 3.63) is 65.3 Å². The van der Waals surface area contributed by atoms with Crippen molar-refractivity contribution in [2.75, 3.05) is 0 Å². The van der Waals surface area contributed by atoms with Crippen molar-refractivity contribution in [2.24, 2.45) is 0 Å². The number of pyridine rings is 1. The van der Waals surface area contributed by atoms with Crippen LogP contribution in [0.25, 0.3) is 21.6 Å². The maximum Gasteiger partial charge on any atom is 0.232 e. The van der Waals surface area contributed by atoms with Crippen LogP contribution in [0, 0.1) is 13.8 Å². The van der Waals surface area contributed by atoms with Crippen LogP contribution in [-0.2, 0) is 0 Å². The minimum Gasteiger partial charge on any atom is -0.437 e. The average molecular weight is 333 g/mol. The minimum absolute atomic E-state index is 0.578. The normalized spacial score (nSPS) is 10.9. The lowest BCUT2D eigenvalue weighted by Gasteiger charge is -2.08. The van der Waals surface area contributed by atoms with Crippen LogP contribution in [0.5, 0.6) is 11.6 Å². The highest BCUT2D eigenvalue weighted by atomic mass is 32.1. The van der Waals surface area contributed by atoms with Gasteiger partial charge in [-0.1, -0.05) is 30.3 Å². The van der Waals surface area contributed by atoms with E-state index >= 15 is 0 Å². The highest BCUT2D eigenvalue weighted by Crippen LogP contribution is 2.37. The first-order valence-electron chi connectivity index (χ1n) is 7.63. The Kier molecular flexibility index (Phi) is 3.70. The Balaban J connectivity index is 1.92. The smallest absolute Gasteiger partial charge is 0.232 e. The molecule has 3 heterocycles. The van der Waals surface area contributed by atoms with E-state index in [0.717, 1.165) is 21.3 Å². The van der Waals surface area contributed by atoms with Gasteiger partial charge in [-0.2, -0.15) is 4.98 Å². The van der Waals surface area contributed by atoms with E-state index in [9.17, 15) is 0 Å². The van der Waals surface area contributed by atoms with Gasteiger partial charge in [0.15, 0.2) is 5.82 Å². The number of rotatable bonds is 3. The third kappa shape index (κ3) is 2.63. The lowest BCUT2D eigenvalue weighted by Crippen LogP contribution is -1.95. The molecule has 0 fully saturated rings. The van der Waals surface area contributed by atoms with Crippen molar-refractivity contribution in [2.45, 2.75) is 13.8 Å². The Labute approximate surface area is 143 Å². The van der Waals surface area contributed by atoms with Crippen molar-refractivity contribution in [3.8, 4) is 23.0 Å². The molecule has 0 saturated heterocycles. The molecule has 0 amide bonds. The second-order valence-corrected chi connectivity index (χ2v) is 6.68. The summed E-state index contributed by atoms with van der Waals surface area (Å²) in [7, 11) is 0. The number of nitrogens with zero attached hydrogens (tertiary/aromatic N) is 3. The van der Waals surface area contributed by atoms with Gasteiger partial charge in [0.25, 0.3) is 0 Å². The van der Waals surface area contributed by atoms with Gasteiger partial charge in [0.1, 0.15) is 10.6 Å². The van der Waals surface area contributed by atoms with Crippen LogP contribution in [0.2, 0.25) is 0 Å². The van der Waals surface area contributed by atoms with Gasteiger partial charge in [-0.05, 0) is 31.5 Å². The molecule has 0 atom stereocenters. The summed E-state index contributed by atoms with van der Waals surface area (Å²) in [5, 5.41) is 0.973. The first-order valence-corrected chi connectivity index (χ1v) is 8.45. The molecule has 0 aliphatic rings. The van der Waals surface area contributed by atoms with E-state index in [4.69, 9.17) is 9.72 Å². The van der Waals surface area contributed by atoms with Crippen LogP contribution in [-0.4, -0.2) is 15.0 Å². The molecule has 4 rings (SSSR count). The monoisotopic (exact) mass is 333 g/mol. The van der Waals surface area contributed by atoms with Gasteiger partial charge in [-0.3, -0.25) is 4.98 Å². The van der Waals surface area contributed by atoms with Crippen molar-refractivity contribution < 1.29 is 4.74 Å². The van der Waals surface area contributed by atoms with Crippen molar-refractivity contribution in [3.63, 3.8) is 0 Å². The summed E-state index contributed by atoms with van der Waals surface area (Å²) < 4.78 is 6.04. The summed E-state index contributed by atoms with van der Waals surface area (Å²) in [6.45, 7) is 4.17. The van der Waals surface area contributed by atoms with Gasteiger partial charge in [0.05, 0.1) is 11.6 Å². The molecule has 4 aromatic rings. The lowest BCUT2D eigenvalue weighted by atomic mass is 10.2. The molecule has 0 unspecified atom stereocenters. The fraction of sp³-hybridized carbons (Fsp3) is 0.105. The van der Waals surface area contributed by atoms with Gasteiger partial charge in [-0.15, -0.1) is 11.3 Å². The zero-order valence-corrected chi connectivity index (χ0v) is 14.2. The minimum atomic E-state index is 0.578. The largest absolute Gasteiger partial charge is 0.437 e. The number of hydrogen-bond donors (Lipinski definition) is 0. The Morgan fingerprint density at radius 3 is 2.54 bits per heavy atom. The molecule has 0 spiro atoms. The maximum absolute atomic E-state index is 6.04. The second-order valence-electron chi connectivity index (χ2n) is 5.47. The Bertz CT molecular complexity index is 997. The van der Waals surface area contributed by atoms with E-state index in [2.05, 4.69) is 23.8 Å². The summed E-state index contributed by atoms with van der Waals surface area (Å²) in [4.78, 5) is 15.7. The number of aromatic nitrogens is 3. The molecular formula is C19H15N3OS. The number of fused-ring (bicyclic) bond motifs is 1. The molecule has 0 aliphatic carbocycles. The number of hydrogen-bond acceptors (Lipinski definition) is 5. The molecule has 4 nitrogen and oxygen atoms in total. The van der Waals surface area contributed by atoms with Crippen LogP contribution in [0.4, 0.5) is 0 Å². The van der Waals surface area contributed by atoms with E-state index in [1.165, 1.54) is 4.88 Å². The molecular weight excluding hydrogens is 318 g/mol. The highest BCUT2D eigenvalue weighted by molar-refractivity contribution is 7.18. The third-order valence-electron chi connectivity index (χ3n) is 3.88. The zero-order valence-electron chi connectivity index (χ0n) is 13.4. The van der Waals surface area contributed by atoms with Crippen molar-refractivity contribution >= 4 is 21.6 Å².